The van der Waals surface area contributed by atoms with Crippen molar-refractivity contribution in [3.05, 3.63) is 24.3 Å². The Balaban J connectivity index is 2.19. The number of hydrogen-bond acceptors (Lipinski definition) is 5. The summed E-state index contributed by atoms with van der Waals surface area (Å²) in [5, 5.41) is 1.19. The van der Waals surface area contributed by atoms with Gasteiger partial charge in [-0.05, 0) is 18.6 Å². The first kappa shape index (κ1) is 15.0. The van der Waals surface area contributed by atoms with Gasteiger partial charge < -0.3 is 9.72 Å². The molecule has 0 aliphatic heterocycles. The number of fused-ring (bicyclic) bond motifs is 1. The van der Waals surface area contributed by atoms with Crippen molar-refractivity contribution in [2.24, 2.45) is 0 Å². The summed E-state index contributed by atoms with van der Waals surface area (Å²) in [6, 6.07) is 7.46. The fourth-order valence-corrected chi connectivity index (χ4v) is 1.81. The van der Waals surface area contributed by atoms with Crippen LogP contribution >= 0.6 is 0 Å². The molecular weight excluding hydrogens is 272 g/mol. The number of rotatable bonds is 7. The van der Waals surface area contributed by atoms with Crippen LogP contribution in [-0.2, 0) is 9.53 Å². The summed E-state index contributed by atoms with van der Waals surface area (Å²) < 4.78 is 4.83. The van der Waals surface area contributed by atoms with Crippen LogP contribution in [0.15, 0.2) is 24.3 Å². The Kier molecular flexibility index (Phi) is 5.28. The lowest BCUT2D eigenvalue weighted by molar-refractivity contribution is -0.110. The van der Waals surface area contributed by atoms with Crippen molar-refractivity contribution in [2.45, 2.75) is 19.8 Å². The molecule has 0 spiro atoms. The first-order chi connectivity index (χ1) is 10.3. The molecule has 0 aliphatic carbocycles. The van der Waals surface area contributed by atoms with Crippen molar-refractivity contribution < 1.29 is 14.3 Å². The maximum Gasteiger partial charge on any atom is 0.432 e. The van der Waals surface area contributed by atoms with E-state index in [2.05, 4.69) is 22.3 Å². The molecule has 2 aromatic rings. The third kappa shape index (κ3) is 3.79. The number of amides is 1. The van der Waals surface area contributed by atoms with E-state index in [0.717, 1.165) is 23.9 Å². The monoisotopic (exact) mass is 290 g/mol. The Morgan fingerprint density at radius 3 is 3.00 bits per heavy atom. The summed E-state index contributed by atoms with van der Waals surface area (Å²) in [7, 11) is 0. The topological polar surface area (TPSA) is 87.3 Å². The van der Waals surface area contributed by atoms with Crippen LogP contribution < -0.4 is 10.4 Å². The van der Waals surface area contributed by atoms with Gasteiger partial charge in [-0.3, -0.25) is 4.79 Å². The van der Waals surface area contributed by atoms with Gasteiger partial charge in [-0.1, -0.05) is 25.5 Å². The van der Waals surface area contributed by atoms with E-state index >= 15 is 0 Å². The number of benzene rings is 1. The summed E-state index contributed by atoms with van der Waals surface area (Å²) >= 11 is 0. The number of aromatic nitrogens is 2. The molecule has 0 radical (unpaired) electrons. The fourth-order valence-electron chi connectivity index (χ4n) is 1.81. The molecule has 7 heteroatoms. The number of anilines is 1. The van der Waals surface area contributed by atoms with Crippen molar-refractivity contribution >= 4 is 29.4 Å². The number of carbonyl (C=O) groups excluding carboxylic acids is 2. The summed E-state index contributed by atoms with van der Waals surface area (Å²) in [6.07, 6.45) is 1.75. The highest BCUT2D eigenvalue weighted by atomic mass is 16.6. The molecule has 0 unspecified atom stereocenters. The van der Waals surface area contributed by atoms with Crippen LogP contribution in [0, 0.1) is 0 Å². The Labute approximate surface area is 122 Å². The molecule has 0 atom stereocenters. The zero-order valence-corrected chi connectivity index (χ0v) is 11.8. The fraction of sp³-hybridized carbons (Fsp3) is 0.357. The number of para-hydroxylation sites is 2. The molecule has 1 aromatic heterocycles. The van der Waals surface area contributed by atoms with Crippen LogP contribution in [0.1, 0.15) is 19.8 Å². The van der Waals surface area contributed by atoms with Crippen molar-refractivity contribution in [3.8, 4) is 0 Å². The molecule has 1 amide bonds. The number of hydrazine groups is 1. The Hall–Kier alpha value is -2.41. The Morgan fingerprint density at radius 2 is 2.29 bits per heavy atom. The van der Waals surface area contributed by atoms with Gasteiger partial charge in [0.05, 0.1) is 11.0 Å². The molecular formula is C14H18N4O3. The second kappa shape index (κ2) is 7.39. The second-order valence-electron chi connectivity index (χ2n) is 4.42. The van der Waals surface area contributed by atoms with Crippen LogP contribution in [0.5, 0.6) is 0 Å². The number of carbonyl (C=O) groups is 2. The van der Waals surface area contributed by atoms with Gasteiger partial charge in [0.2, 0.25) is 5.95 Å². The number of ether oxygens (including phenoxy) is 1. The summed E-state index contributed by atoms with van der Waals surface area (Å²) in [4.78, 5) is 29.7. The van der Waals surface area contributed by atoms with Crippen LogP contribution in [0.3, 0.4) is 0 Å². The third-order valence-corrected chi connectivity index (χ3v) is 2.85. The lowest BCUT2D eigenvalue weighted by Crippen LogP contribution is -2.44. The second-order valence-corrected chi connectivity index (χ2v) is 4.42. The van der Waals surface area contributed by atoms with Gasteiger partial charge in [0.1, 0.15) is 6.61 Å². The van der Waals surface area contributed by atoms with Crippen LogP contribution in [0.2, 0.25) is 0 Å². The molecule has 2 N–H and O–H groups in total. The zero-order valence-electron chi connectivity index (χ0n) is 11.8. The maximum absolute atomic E-state index is 12.0. The van der Waals surface area contributed by atoms with E-state index in [-0.39, 0.29) is 6.61 Å². The van der Waals surface area contributed by atoms with E-state index in [9.17, 15) is 9.59 Å². The van der Waals surface area contributed by atoms with Crippen LogP contribution in [-0.4, -0.2) is 35.5 Å². The number of aldehydes is 1. The quantitative estimate of drug-likeness (QED) is 0.463. The minimum absolute atomic E-state index is 0.287. The van der Waals surface area contributed by atoms with E-state index < -0.39 is 6.09 Å². The average Bonchev–Trinajstić information content (AvgIpc) is 2.92. The van der Waals surface area contributed by atoms with Gasteiger partial charge in [0, 0.05) is 6.54 Å². The van der Waals surface area contributed by atoms with Gasteiger partial charge in [-0.25, -0.2) is 15.2 Å². The zero-order chi connectivity index (χ0) is 15.1. The normalized spacial score (nSPS) is 10.5. The molecule has 1 heterocycles. The molecule has 0 saturated carbocycles. The number of hydrogen-bond donors (Lipinski definition) is 2. The van der Waals surface area contributed by atoms with E-state index in [1.807, 2.05) is 24.3 Å². The Morgan fingerprint density at radius 1 is 1.48 bits per heavy atom. The number of unbranched alkanes of at least 4 members (excludes halogenated alkanes) is 1. The minimum Gasteiger partial charge on any atom is -0.440 e. The van der Waals surface area contributed by atoms with E-state index in [1.165, 1.54) is 5.01 Å². The predicted octanol–water partition coefficient (Wildman–Crippen LogP) is 2.01. The van der Waals surface area contributed by atoms with Gasteiger partial charge in [0.25, 0.3) is 0 Å². The van der Waals surface area contributed by atoms with E-state index in [0.29, 0.717) is 18.8 Å². The molecule has 7 nitrogen and oxygen atoms in total. The predicted molar refractivity (Wildman–Crippen MR) is 78.9 cm³/mol. The van der Waals surface area contributed by atoms with Crippen molar-refractivity contribution in [1.29, 1.82) is 0 Å². The lowest BCUT2D eigenvalue weighted by Gasteiger charge is -2.19. The van der Waals surface area contributed by atoms with Gasteiger partial charge in [-0.2, -0.15) is 5.01 Å². The molecule has 21 heavy (non-hydrogen) atoms. The lowest BCUT2D eigenvalue weighted by atomic mass is 10.3. The Bertz CT molecular complexity index is 578. The highest BCUT2D eigenvalue weighted by molar-refractivity contribution is 5.88. The van der Waals surface area contributed by atoms with Gasteiger partial charge in [-0.15, -0.1) is 0 Å². The van der Waals surface area contributed by atoms with Crippen molar-refractivity contribution in [3.63, 3.8) is 0 Å². The summed E-state index contributed by atoms with van der Waals surface area (Å²) in [5.74, 6) is 0.336. The molecule has 0 bridgehead atoms. The number of aromatic amines is 1. The van der Waals surface area contributed by atoms with Crippen molar-refractivity contribution in [2.75, 3.05) is 18.2 Å². The molecule has 0 fully saturated rings. The highest BCUT2D eigenvalue weighted by Gasteiger charge is 2.20. The molecule has 1 aromatic carbocycles. The SMILES string of the molecule is CCCCNN(C(=O)OCC=O)c1nc2ccccc2[nH]1. The largest absolute Gasteiger partial charge is 0.440 e. The molecule has 0 saturated heterocycles. The molecule has 2 rings (SSSR count). The first-order valence-electron chi connectivity index (χ1n) is 6.85. The minimum atomic E-state index is -0.669. The standard InChI is InChI=1S/C14H18N4O3/c1-2-3-8-15-18(14(20)21-10-9-19)13-16-11-6-4-5-7-12(11)17-13/h4-7,9,15H,2-3,8,10H2,1H3,(H,16,17). The number of nitrogens with one attached hydrogen (secondary N) is 2. The van der Waals surface area contributed by atoms with Crippen LogP contribution in [0.4, 0.5) is 10.7 Å². The number of nitrogens with zero attached hydrogens (tertiary/aromatic N) is 2. The van der Waals surface area contributed by atoms with E-state index in [1.54, 1.807) is 0 Å². The molecule has 0 aliphatic rings. The average molecular weight is 290 g/mol. The first-order valence-corrected chi connectivity index (χ1v) is 6.85. The maximum atomic E-state index is 12.0. The van der Waals surface area contributed by atoms with E-state index in [4.69, 9.17) is 4.74 Å². The number of imidazole rings is 1. The van der Waals surface area contributed by atoms with Gasteiger partial charge in [0.15, 0.2) is 6.29 Å². The number of H-pyrrole nitrogens is 1. The smallest absolute Gasteiger partial charge is 0.432 e. The summed E-state index contributed by atoms with van der Waals surface area (Å²) in [5.41, 5.74) is 4.52. The van der Waals surface area contributed by atoms with Crippen molar-refractivity contribution in [1.82, 2.24) is 15.4 Å². The van der Waals surface area contributed by atoms with Crippen LogP contribution in [0.25, 0.3) is 11.0 Å². The van der Waals surface area contributed by atoms with Gasteiger partial charge >= 0.3 is 6.09 Å². The molecule has 112 valence electrons. The highest BCUT2D eigenvalue weighted by Crippen LogP contribution is 2.16. The third-order valence-electron chi connectivity index (χ3n) is 2.85. The summed E-state index contributed by atoms with van der Waals surface area (Å²) in [6.45, 7) is 2.37.